The first kappa shape index (κ1) is 23.3. The van der Waals surface area contributed by atoms with Gasteiger partial charge in [0.15, 0.2) is 0 Å². The molecule has 0 spiro atoms. The molecule has 1 N–H and O–H groups in total. The molecule has 1 aromatic carbocycles. The average Bonchev–Trinajstić information content (AvgIpc) is 2.80. The standard InChI is InChI=1S/C25H32FN5O2/c1-16(2)18(4)31-23(32)8-7-20-14-27-25(29-24(20)31)28-17(3)19-5-6-21(22(26)13-19)15-30-9-11-33-12-10-30/h5-8,13-14,16-18H,9-12,15H2,1-4H3,(H,27,28,29). The van der Waals surface area contributed by atoms with Crippen LogP contribution in [0.1, 0.15) is 50.9 Å². The van der Waals surface area contributed by atoms with E-state index in [1.54, 1.807) is 29.0 Å². The number of fused-ring (bicyclic) bond motifs is 1. The molecular formula is C25H32FN5O2. The Morgan fingerprint density at radius 1 is 1.12 bits per heavy atom. The van der Waals surface area contributed by atoms with Crippen molar-refractivity contribution in [2.45, 2.75) is 46.3 Å². The number of anilines is 1. The summed E-state index contributed by atoms with van der Waals surface area (Å²) >= 11 is 0. The van der Waals surface area contributed by atoms with Crippen molar-refractivity contribution >= 4 is 17.0 Å². The van der Waals surface area contributed by atoms with Crippen molar-refractivity contribution in [3.63, 3.8) is 0 Å². The lowest BCUT2D eigenvalue weighted by molar-refractivity contribution is 0.0337. The molecule has 0 saturated carbocycles. The van der Waals surface area contributed by atoms with Crippen molar-refractivity contribution in [1.29, 1.82) is 0 Å². The van der Waals surface area contributed by atoms with Crippen LogP contribution in [0.3, 0.4) is 0 Å². The minimum atomic E-state index is -0.216. The zero-order valence-corrected chi connectivity index (χ0v) is 19.7. The van der Waals surface area contributed by atoms with Gasteiger partial charge in [0.25, 0.3) is 5.56 Å². The molecule has 1 aliphatic heterocycles. The summed E-state index contributed by atoms with van der Waals surface area (Å²) in [5.74, 6) is 0.465. The summed E-state index contributed by atoms with van der Waals surface area (Å²) < 4.78 is 21.9. The van der Waals surface area contributed by atoms with Gasteiger partial charge in [0, 0.05) is 48.9 Å². The number of pyridine rings is 1. The maximum atomic E-state index is 14.8. The molecule has 33 heavy (non-hydrogen) atoms. The Kier molecular flexibility index (Phi) is 7.05. The van der Waals surface area contributed by atoms with Gasteiger partial charge in [-0.2, -0.15) is 4.98 Å². The Morgan fingerprint density at radius 3 is 2.58 bits per heavy atom. The van der Waals surface area contributed by atoms with E-state index in [-0.39, 0.29) is 29.4 Å². The number of halogens is 1. The number of morpholine rings is 1. The first-order valence-electron chi connectivity index (χ1n) is 11.6. The van der Waals surface area contributed by atoms with E-state index in [0.29, 0.717) is 36.9 Å². The van der Waals surface area contributed by atoms with Crippen LogP contribution >= 0.6 is 0 Å². The fraction of sp³-hybridized carbons (Fsp3) is 0.480. The number of benzene rings is 1. The van der Waals surface area contributed by atoms with E-state index >= 15 is 0 Å². The number of nitrogens with zero attached hydrogens (tertiary/aromatic N) is 4. The number of ether oxygens (including phenoxy) is 1. The molecule has 7 nitrogen and oxygen atoms in total. The highest BCUT2D eigenvalue weighted by molar-refractivity contribution is 5.75. The third-order valence-corrected chi connectivity index (χ3v) is 6.46. The van der Waals surface area contributed by atoms with E-state index in [0.717, 1.165) is 24.0 Å². The molecule has 1 fully saturated rings. The topological polar surface area (TPSA) is 72.3 Å². The van der Waals surface area contributed by atoms with Crippen LogP contribution in [0, 0.1) is 11.7 Å². The summed E-state index contributed by atoms with van der Waals surface area (Å²) in [5, 5.41) is 4.07. The number of nitrogens with one attached hydrogen (secondary N) is 1. The maximum Gasteiger partial charge on any atom is 0.252 e. The maximum absolute atomic E-state index is 14.8. The second-order valence-electron chi connectivity index (χ2n) is 9.10. The predicted octanol–water partition coefficient (Wildman–Crippen LogP) is 4.15. The minimum Gasteiger partial charge on any atom is -0.379 e. The van der Waals surface area contributed by atoms with E-state index in [4.69, 9.17) is 4.74 Å². The summed E-state index contributed by atoms with van der Waals surface area (Å²) in [6.07, 6.45) is 1.71. The van der Waals surface area contributed by atoms with Crippen LogP contribution in [0.25, 0.3) is 11.0 Å². The SMILES string of the molecule is CC(Nc1ncc2ccc(=O)n(C(C)C(C)C)c2n1)c1ccc(CN2CCOCC2)c(F)c1. The van der Waals surface area contributed by atoms with Crippen LogP contribution in [0.4, 0.5) is 10.3 Å². The fourth-order valence-corrected chi connectivity index (χ4v) is 4.04. The second-order valence-corrected chi connectivity index (χ2v) is 9.10. The third kappa shape index (κ3) is 5.23. The number of hydrogen-bond donors (Lipinski definition) is 1. The molecule has 0 bridgehead atoms. The molecule has 3 heterocycles. The highest BCUT2D eigenvalue weighted by Gasteiger charge is 2.18. The molecule has 1 saturated heterocycles. The molecule has 0 amide bonds. The molecular weight excluding hydrogens is 421 g/mol. The van der Waals surface area contributed by atoms with E-state index in [1.165, 1.54) is 0 Å². The first-order chi connectivity index (χ1) is 15.8. The van der Waals surface area contributed by atoms with Gasteiger partial charge in [-0.15, -0.1) is 0 Å². The quantitative estimate of drug-likeness (QED) is 0.579. The molecule has 176 valence electrons. The number of hydrogen-bond acceptors (Lipinski definition) is 6. The minimum absolute atomic E-state index is 0.00511. The summed E-state index contributed by atoms with van der Waals surface area (Å²) in [6, 6.07) is 8.45. The van der Waals surface area contributed by atoms with Crippen LogP contribution in [-0.2, 0) is 11.3 Å². The molecule has 3 aromatic rings. The number of aromatic nitrogens is 3. The van der Waals surface area contributed by atoms with Crippen LogP contribution in [0.5, 0.6) is 0 Å². The van der Waals surface area contributed by atoms with Gasteiger partial charge in [0.2, 0.25) is 5.95 Å². The Hall–Kier alpha value is -2.84. The number of rotatable bonds is 7. The van der Waals surface area contributed by atoms with Crippen molar-refractivity contribution in [3.8, 4) is 0 Å². The molecule has 8 heteroatoms. The Labute approximate surface area is 193 Å². The highest BCUT2D eigenvalue weighted by atomic mass is 19.1. The van der Waals surface area contributed by atoms with Gasteiger partial charge in [-0.05, 0) is 37.5 Å². The average molecular weight is 454 g/mol. The van der Waals surface area contributed by atoms with Crippen molar-refractivity contribution < 1.29 is 9.13 Å². The fourth-order valence-electron chi connectivity index (χ4n) is 4.04. The van der Waals surface area contributed by atoms with E-state index in [9.17, 15) is 9.18 Å². The Bertz CT molecular complexity index is 1170. The molecule has 2 unspecified atom stereocenters. The second kappa shape index (κ2) is 9.97. The first-order valence-corrected chi connectivity index (χ1v) is 11.6. The van der Waals surface area contributed by atoms with E-state index < -0.39 is 0 Å². The zero-order chi connectivity index (χ0) is 23.5. The molecule has 2 aromatic heterocycles. The third-order valence-electron chi connectivity index (χ3n) is 6.46. The van der Waals surface area contributed by atoms with E-state index in [1.807, 2.05) is 26.0 Å². The van der Waals surface area contributed by atoms with Crippen molar-refractivity contribution in [3.05, 3.63) is 63.8 Å². The smallest absolute Gasteiger partial charge is 0.252 e. The van der Waals surface area contributed by atoms with Gasteiger partial charge >= 0.3 is 0 Å². The summed E-state index contributed by atoms with van der Waals surface area (Å²) in [5.41, 5.74) is 2.00. The molecule has 4 rings (SSSR count). The molecule has 1 aliphatic rings. The van der Waals surface area contributed by atoms with Crippen molar-refractivity contribution in [1.82, 2.24) is 19.4 Å². The van der Waals surface area contributed by atoms with Crippen molar-refractivity contribution in [2.75, 3.05) is 31.6 Å². The largest absolute Gasteiger partial charge is 0.379 e. The summed E-state index contributed by atoms with van der Waals surface area (Å²) in [4.78, 5) is 23.8. The lowest BCUT2D eigenvalue weighted by Crippen LogP contribution is -2.35. The summed E-state index contributed by atoms with van der Waals surface area (Å²) in [6.45, 7) is 11.7. The van der Waals surface area contributed by atoms with Gasteiger partial charge in [-0.25, -0.2) is 9.37 Å². The van der Waals surface area contributed by atoms with Gasteiger partial charge in [0.1, 0.15) is 11.5 Å². The Morgan fingerprint density at radius 2 is 1.88 bits per heavy atom. The van der Waals surface area contributed by atoms with Gasteiger partial charge in [-0.1, -0.05) is 26.0 Å². The van der Waals surface area contributed by atoms with Gasteiger partial charge in [0.05, 0.1) is 19.3 Å². The van der Waals surface area contributed by atoms with Crippen LogP contribution in [0.2, 0.25) is 0 Å². The zero-order valence-electron chi connectivity index (χ0n) is 19.7. The monoisotopic (exact) mass is 453 g/mol. The van der Waals surface area contributed by atoms with Crippen LogP contribution in [0.15, 0.2) is 41.3 Å². The molecule has 0 radical (unpaired) electrons. The normalized spacial score (nSPS) is 16.8. The van der Waals surface area contributed by atoms with Gasteiger partial charge in [-0.3, -0.25) is 14.3 Å². The van der Waals surface area contributed by atoms with E-state index in [2.05, 4.69) is 34.0 Å². The lowest BCUT2D eigenvalue weighted by Gasteiger charge is -2.27. The van der Waals surface area contributed by atoms with Crippen LogP contribution < -0.4 is 10.9 Å². The highest BCUT2D eigenvalue weighted by Crippen LogP contribution is 2.23. The Balaban J connectivity index is 1.55. The lowest BCUT2D eigenvalue weighted by atomic mass is 10.0. The van der Waals surface area contributed by atoms with Gasteiger partial charge < -0.3 is 10.1 Å². The molecule has 2 atom stereocenters. The van der Waals surface area contributed by atoms with Crippen LogP contribution in [-0.4, -0.2) is 45.7 Å². The summed E-state index contributed by atoms with van der Waals surface area (Å²) in [7, 11) is 0. The predicted molar refractivity (Wildman–Crippen MR) is 128 cm³/mol. The van der Waals surface area contributed by atoms with Crippen molar-refractivity contribution in [2.24, 2.45) is 5.92 Å². The molecule has 0 aliphatic carbocycles.